The summed E-state index contributed by atoms with van der Waals surface area (Å²) in [6.45, 7) is 1.35. The lowest BCUT2D eigenvalue weighted by Gasteiger charge is -2.30. The zero-order valence-corrected chi connectivity index (χ0v) is 10.1. The number of carbonyl (C=O) groups excluding carboxylic acids is 1. The lowest BCUT2D eigenvalue weighted by molar-refractivity contribution is 0.176. The Balaban J connectivity index is 1.97. The fourth-order valence-electron chi connectivity index (χ4n) is 3.08. The summed E-state index contributed by atoms with van der Waals surface area (Å²) < 4.78 is 0. The zero-order chi connectivity index (χ0) is 11.5. The highest BCUT2D eigenvalue weighted by Crippen LogP contribution is 2.31. The normalized spacial score (nSPS) is 27.9. The number of hydrogen-bond donors (Lipinski definition) is 1. The Kier molecular flexibility index (Phi) is 3.69. The van der Waals surface area contributed by atoms with E-state index in [-0.39, 0.29) is 12.6 Å². The fraction of sp³-hybridized carbons (Fsp3) is 0.917. The number of amides is 2. The van der Waals surface area contributed by atoms with E-state index in [1.165, 1.54) is 32.1 Å². The van der Waals surface area contributed by atoms with Gasteiger partial charge in [-0.25, -0.2) is 4.79 Å². The van der Waals surface area contributed by atoms with Crippen molar-refractivity contribution in [2.24, 2.45) is 5.92 Å². The molecule has 0 aromatic rings. The van der Waals surface area contributed by atoms with E-state index in [0.717, 1.165) is 6.54 Å². The van der Waals surface area contributed by atoms with Crippen LogP contribution in [0.5, 0.6) is 0 Å². The number of rotatable bonds is 3. The molecular formula is C12H22N2O2. The summed E-state index contributed by atoms with van der Waals surface area (Å²) in [5.41, 5.74) is 0. The van der Waals surface area contributed by atoms with Crippen molar-refractivity contribution < 1.29 is 9.90 Å². The maximum Gasteiger partial charge on any atom is 0.320 e. The Bertz CT molecular complexity index is 251. The van der Waals surface area contributed by atoms with Crippen molar-refractivity contribution in [3.8, 4) is 0 Å². The average molecular weight is 226 g/mol. The average Bonchev–Trinajstić information content (AvgIpc) is 2.59. The van der Waals surface area contributed by atoms with Gasteiger partial charge in [0.05, 0.1) is 12.6 Å². The second-order valence-electron chi connectivity index (χ2n) is 5.03. The summed E-state index contributed by atoms with van der Waals surface area (Å²) in [5, 5.41) is 8.91. The van der Waals surface area contributed by atoms with Gasteiger partial charge in [0.1, 0.15) is 0 Å². The fourth-order valence-corrected chi connectivity index (χ4v) is 3.08. The highest BCUT2D eigenvalue weighted by atomic mass is 16.3. The van der Waals surface area contributed by atoms with Gasteiger partial charge in [0.25, 0.3) is 0 Å². The minimum atomic E-state index is 0.0664. The van der Waals surface area contributed by atoms with E-state index in [1.54, 1.807) is 4.90 Å². The van der Waals surface area contributed by atoms with Crippen LogP contribution in [0.15, 0.2) is 0 Å². The van der Waals surface area contributed by atoms with Crippen molar-refractivity contribution in [3.63, 3.8) is 0 Å². The predicted octanol–water partition coefficient (Wildman–Crippen LogP) is 1.29. The van der Waals surface area contributed by atoms with E-state index in [0.29, 0.717) is 18.5 Å². The lowest BCUT2D eigenvalue weighted by Crippen LogP contribution is -2.37. The van der Waals surface area contributed by atoms with Gasteiger partial charge in [-0.2, -0.15) is 0 Å². The molecule has 92 valence electrons. The van der Waals surface area contributed by atoms with Crippen LogP contribution in [0.25, 0.3) is 0 Å². The van der Waals surface area contributed by atoms with E-state index >= 15 is 0 Å². The molecule has 1 aliphatic heterocycles. The number of aliphatic hydroxyl groups excluding tert-OH is 1. The lowest BCUT2D eigenvalue weighted by atomic mass is 9.84. The van der Waals surface area contributed by atoms with Crippen LogP contribution < -0.4 is 0 Å². The molecule has 16 heavy (non-hydrogen) atoms. The number of urea groups is 1. The number of β-amino-alcohol motifs (C(OH)–C–C–N with tert-alkyl or cyclic N) is 1. The molecule has 0 aromatic carbocycles. The molecule has 1 heterocycles. The highest BCUT2D eigenvalue weighted by Gasteiger charge is 2.38. The van der Waals surface area contributed by atoms with Crippen LogP contribution in [0.3, 0.4) is 0 Å². The predicted molar refractivity (Wildman–Crippen MR) is 62.2 cm³/mol. The summed E-state index contributed by atoms with van der Waals surface area (Å²) in [5.74, 6) is 0.673. The SMILES string of the molecule is CN1C(=O)N(CCO)CC1C1CCCCC1. The molecule has 0 aromatic heterocycles. The zero-order valence-electron chi connectivity index (χ0n) is 10.1. The van der Waals surface area contributed by atoms with Crippen molar-refractivity contribution >= 4 is 6.03 Å². The molecule has 1 saturated carbocycles. The number of hydrogen-bond acceptors (Lipinski definition) is 2. The molecule has 1 aliphatic carbocycles. The first-order valence-corrected chi connectivity index (χ1v) is 6.36. The van der Waals surface area contributed by atoms with Crippen molar-refractivity contribution in [1.29, 1.82) is 0 Å². The van der Waals surface area contributed by atoms with Gasteiger partial charge in [0.15, 0.2) is 0 Å². The minimum absolute atomic E-state index is 0.0664. The van der Waals surface area contributed by atoms with Crippen LogP contribution in [0.2, 0.25) is 0 Å². The molecule has 1 N–H and O–H groups in total. The van der Waals surface area contributed by atoms with E-state index in [1.807, 2.05) is 11.9 Å². The number of aliphatic hydroxyl groups is 1. The van der Waals surface area contributed by atoms with Crippen LogP contribution in [0, 0.1) is 5.92 Å². The molecule has 2 fully saturated rings. The van der Waals surface area contributed by atoms with E-state index in [9.17, 15) is 4.79 Å². The van der Waals surface area contributed by atoms with Crippen LogP contribution >= 0.6 is 0 Å². The van der Waals surface area contributed by atoms with Crippen LogP contribution in [0.4, 0.5) is 4.79 Å². The third-order valence-corrected chi connectivity index (χ3v) is 4.04. The monoisotopic (exact) mass is 226 g/mol. The van der Waals surface area contributed by atoms with Gasteiger partial charge in [-0.3, -0.25) is 0 Å². The molecule has 0 bridgehead atoms. The van der Waals surface area contributed by atoms with Gasteiger partial charge in [-0.1, -0.05) is 19.3 Å². The van der Waals surface area contributed by atoms with E-state index in [2.05, 4.69) is 0 Å². The summed E-state index contributed by atoms with van der Waals surface area (Å²) in [7, 11) is 1.90. The number of likely N-dealkylation sites (N-methyl/N-ethyl adjacent to an activating group) is 1. The first-order valence-electron chi connectivity index (χ1n) is 6.36. The van der Waals surface area contributed by atoms with E-state index in [4.69, 9.17) is 5.11 Å². The molecule has 4 nitrogen and oxygen atoms in total. The molecule has 0 radical (unpaired) electrons. The first-order chi connectivity index (χ1) is 7.74. The molecule has 0 spiro atoms. The van der Waals surface area contributed by atoms with Gasteiger partial charge < -0.3 is 14.9 Å². The summed E-state index contributed by atoms with van der Waals surface area (Å²) in [6.07, 6.45) is 6.48. The smallest absolute Gasteiger partial charge is 0.320 e. The molecule has 2 aliphatic rings. The van der Waals surface area contributed by atoms with Gasteiger partial charge in [-0.05, 0) is 18.8 Å². The van der Waals surface area contributed by atoms with Crippen LogP contribution in [-0.4, -0.2) is 53.7 Å². The second-order valence-corrected chi connectivity index (χ2v) is 5.03. The van der Waals surface area contributed by atoms with E-state index < -0.39 is 0 Å². The third-order valence-electron chi connectivity index (χ3n) is 4.04. The van der Waals surface area contributed by atoms with Gasteiger partial charge >= 0.3 is 6.03 Å². The van der Waals surface area contributed by atoms with Gasteiger partial charge in [0, 0.05) is 20.1 Å². The molecule has 2 amide bonds. The molecular weight excluding hydrogens is 204 g/mol. The van der Waals surface area contributed by atoms with Crippen molar-refractivity contribution in [1.82, 2.24) is 9.80 Å². The summed E-state index contributed by atoms with van der Waals surface area (Å²) in [4.78, 5) is 15.5. The highest BCUT2D eigenvalue weighted by molar-refractivity contribution is 5.76. The topological polar surface area (TPSA) is 43.8 Å². The molecule has 2 rings (SSSR count). The second kappa shape index (κ2) is 5.04. The van der Waals surface area contributed by atoms with Crippen molar-refractivity contribution in [2.45, 2.75) is 38.1 Å². The van der Waals surface area contributed by atoms with Crippen LogP contribution in [-0.2, 0) is 0 Å². The number of carbonyl (C=O) groups is 1. The largest absolute Gasteiger partial charge is 0.395 e. The number of nitrogens with zero attached hydrogens (tertiary/aromatic N) is 2. The Morgan fingerprint density at radius 3 is 2.62 bits per heavy atom. The molecule has 1 saturated heterocycles. The molecule has 1 atom stereocenters. The van der Waals surface area contributed by atoms with Crippen molar-refractivity contribution in [3.05, 3.63) is 0 Å². The third kappa shape index (κ3) is 2.17. The first kappa shape index (κ1) is 11.7. The summed E-state index contributed by atoms with van der Waals surface area (Å²) >= 11 is 0. The van der Waals surface area contributed by atoms with Gasteiger partial charge in [0.2, 0.25) is 0 Å². The van der Waals surface area contributed by atoms with Crippen LogP contribution in [0.1, 0.15) is 32.1 Å². The maximum atomic E-state index is 11.9. The Morgan fingerprint density at radius 1 is 1.31 bits per heavy atom. The standard InChI is InChI=1S/C12H22N2O2/c1-13-11(10-5-3-2-4-6-10)9-14(7-8-15)12(13)16/h10-11,15H,2-9H2,1H3. The minimum Gasteiger partial charge on any atom is -0.395 e. The van der Waals surface area contributed by atoms with Gasteiger partial charge in [-0.15, -0.1) is 0 Å². The summed E-state index contributed by atoms with van der Waals surface area (Å²) in [6, 6.07) is 0.462. The Morgan fingerprint density at radius 2 is 2.00 bits per heavy atom. The Labute approximate surface area is 97.2 Å². The molecule has 4 heteroatoms. The Hall–Kier alpha value is -0.770. The maximum absolute atomic E-state index is 11.9. The molecule has 1 unspecified atom stereocenters. The quantitative estimate of drug-likeness (QED) is 0.788. The van der Waals surface area contributed by atoms with Crippen molar-refractivity contribution in [2.75, 3.05) is 26.7 Å².